The number of benzene rings is 1. The van der Waals surface area contributed by atoms with Crippen LogP contribution in [0.15, 0.2) is 18.2 Å². The van der Waals surface area contributed by atoms with Crippen molar-refractivity contribution in [3.63, 3.8) is 0 Å². The maximum atomic E-state index is 13.5. The second kappa shape index (κ2) is 5.36. The number of hydrogen-bond donors (Lipinski definition) is 1. The normalized spacial score (nSPS) is 33.3. The van der Waals surface area contributed by atoms with E-state index in [-0.39, 0.29) is 11.9 Å². The molecule has 2 N–H and O–H groups in total. The molecule has 1 heterocycles. The third-order valence-corrected chi connectivity index (χ3v) is 5.20. The Bertz CT molecular complexity index is 476. The van der Waals surface area contributed by atoms with E-state index >= 15 is 0 Å². The molecule has 1 saturated carbocycles. The van der Waals surface area contributed by atoms with Gasteiger partial charge < -0.3 is 10.6 Å². The number of nitrogens with two attached hydrogens (primary N) is 1. The first-order valence-electron chi connectivity index (χ1n) is 7.83. The molecule has 2 aliphatic rings. The van der Waals surface area contributed by atoms with E-state index in [1.165, 1.54) is 12.0 Å². The first kappa shape index (κ1) is 13.9. The zero-order valence-corrected chi connectivity index (χ0v) is 12.5. The summed E-state index contributed by atoms with van der Waals surface area (Å²) in [4.78, 5) is 2.34. The lowest BCUT2D eigenvalue weighted by Crippen LogP contribution is -2.46. The zero-order valence-electron chi connectivity index (χ0n) is 12.5. The first-order valence-corrected chi connectivity index (χ1v) is 7.83. The highest BCUT2D eigenvalue weighted by molar-refractivity contribution is 5.58. The van der Waals surface area contributed by atoms with Gasteiger partial charge >= 0.3 is 0 Å². The Balaban J connectivity index is 1.75. The molecule has 1 fully saturated rings. The van der Waals surface area contributed by atoms with Crippen LogP contribution in [0.25, 0.3) is 0 Å². The van der Waals surface area contributed by atoms with Gasteiger partial charge in [0.05, 0.1) is 0 Å². The summed E-state index contributed by atoms with van der Waals surface area (Å²) >= 11 is 0. The van der Waals surface area contributed by atoms with Gasteiger partial charge in [-0.25, -0.2) is 4.39 Å². The number of fused-ring (bicyclic) bond motifs is 1. The third kappa shape index (κ3) is 2.56. The average molecular weight is 276 g/mol. The molecule has 1 aliphatic heterocycles. The topological polar surface area (TPSA) is 29.3 Å². The fourth-order valence-electron chi connectivity index (χ4n) is 4.15. The largest absolute Gasteiger partial charge is 0.371 e. The van der Waals surface area contributed by atoms with Crippen LogP contribution >= 0.6 is 0 Å². The van der Waals surface area contributed by atoms with Gasteiger partial charge in [0.15, 0.2) is 0 Å². The van der Waals surface area contributed by atoms with Gasteiger partial charge in [-0.2, -0.15) is 0 Å². The molecular formula is C17H25FN2. The van der Waals surface area contributed by atoms with Gasteiger partial charge in [-0.15, -0.1) is 0 Å². The SMILES string of the molecule is CC1CC(C)C(CN2CCc3ccc(F)cc32)C(N)C1. The molecule has 1 aliphatic carbocycles. The van der Waals surface area contributed by atoms with Gasteiger partial charge in [0.1, 0.15) is 5.82 Å². The molecule has 2 nitrogen and oxygen atoms in total. The summed E-state index contributed by atoms with van der Waals surface area (Å²) in [5.74, 6) is 1.79. The molecule has 3 rings (SSSR count). The summed E-state index contributed by atoms with van der Waals surface area (Å²) in [5.41, 5.74) is 8.75. The highest BCUT2D eigenvalue weighted by atomic mass is 19.1. The Morgan fingerprint density at radius 2 is 2.10 bits per heavy atom. The van der Waals surface area contributed by atoms with Crippen molar-refractivity contribution in [2.45, 2.75) is 39.2 Å². The molecule has 4 unspecified atom stereocenters. The lowest BCUT2D eigenvalue weighted by molar-refractivity contribution is 0.177. The van der Waals surface area contributed by atoms with Crippen LogP contribution in [0, 0.1) is 23.6 Å². The smallest absolute Gasteiger partial charge is 0.125 e. The lowest BCUT2D eigenvalue weighted by Gasteiger charge is -2.40. The van der Waals surface area contributed by atoms with Crippen molar-refractivity contribution in [1.82, 2.24) is 0 Å². The van der Waals surface area contributed by atoms with Crippen LogP contribution in [0.4, 0.5) is 10.1 Å². The summed E-state index contributed by atoms with van der Waals surface area (Å²) in [6.07, 6.45) is 3.42. The number of nitrogens with zero attached hydrogens (tertiary/aromatic N) is 1. The predicted molar refractivity (Wildman–Crippen MR) is 81.3 cm³/mol. The van der Waals surface area contributed by atoms with Crippen LogP contribution in [0.2, 0.25) is 0 Å². The summed E-state index contributed by atoms with van der Waals surface area (Å²) in [5, 5.41) is 0. The van der Waals surface area contributed by atoms with Crippen LogP contribution in [-0.4, -0.2) is 19.1 Å². The number of rotatable bonds is 2. The lowest BCUT2D eigenvalue weighted by atomic mass is 9.72. The molecular weight excluding hydrogens is 251 g/mol. The third-order valence-electron chi connectivity index (χ3n) is 5.20. The molecule has 1 aromatic rings. The highest BCUT2D eigenvalue weighted by Crippen LogP contribution is 2.36. The van der Waals surface area contributed by atoms with E-state index in [4.69, 9.17) is 5.73 Å². The van der Waals surface area contributed by atoms with E-state index in [0.717, 1.165) is 37.5 Å². The van der Waals surface area contributed by atoms with E-state index in [2.05, 4.69) is 18.7 Å². The van der Waals surface area contributed by atoms with Crippen molar-refractivity contribution < 1.29 is 4.39 Å². The van der Waals surface area contributed by atoms with Crippen molar-refractivity contribution in [3.05, 3.63) is 29.6 Å². The van der Waals surface area contributed by atoms with Gasteiger partial charge in [0.2, 0.25) is 0 Å². The quantitative estimate of drug-likeness (QED) is 0.899. The fraction of sp³-hybridized carbons (Fsp3) is 0.647. The second-order valence-electron chi connectivity index (χ2n) is 6.85. The first-order chi connectivity index (χ1) is 9.54. The number of halogens is 1. The molecule has 110 valence electrons. The van der Waals surface area contributed by atoms with Crippen LogP contribution < -0.4 is 10.6 Å². The van der Waals surface area contributed by atoms with E-state index in [9.17, 15) is 4.39 Å². The van der Waals surface area contributed by atoms with Gasteiger partial charge in [-0.1, -0.05) is 19.9 Å². The molecule has 0 radical (unpaired) electrons. The van der Waals surface area contributed by atoms with Crippen molar-refractivity contribution in [2.24, 2.45) is 23.5 Å². The van der Waals surface area contributed by atoms with Gasteiger partial charge in [0.25, 0.3) is 0 Å². The molecule has 0 amide bonds. The van der Waals surface area contributed by atoms with E-state index < -0.39 is 0 Å². The zero-order chi connectivity index (χ0) is 14.3. The van der Waals surface area contributed by atoms with E-state index in [1.54, 1.807) is 12.1 Å². The highest BCUT2D eigenvalue weighted by Gasteiger charge is 2.34. The molecule has 20 heavy (non-hydrogen) atoms. The summed E-state index contributed by atoms with van der Waals surface area (Å²) in [6, 6.07) is 5.46. The van der Waals surface area contributed by atoms with Crippen LogP contribution in [-0.2, 0) is 6.42 Å². The van der Waals surface area contributed by atoms with Crippen molar-refractivity contribution in [2.75, 3.05) is 18.0 Å². The fourth-order valence-corrected chi connectivity index (χ4v) is 4.15. The molecule has 3 heteroatoms. The average Bonchev–Trinajstić information content (AvgIpc) is 2.76. The minimum Gasteiger partial charge on any atom is -0.371 e. The van der Waals surface area contributed by atoms with Crippen molar-refractivity contribution >= 4 is 5.69 Å². The van der Waals surface area contributed by atoms with E-state index in [0.29, 0.717) is 11.8 Å². The monoisotopic (exact) mass is 276 g/mol. The Kier molecular flexibility index (Phi) is 3.72. The summed E-state index contributed by atoms with van der Waals surface area (Å²) in [6.45, 7) is 6.60. The number of anilines is 1. The molecule has 0 aromatic heterocycles. The van der Waals surface area contributed by atoms with E-state index in [1.807, 2.05) is 6.07 Å². The Morgan fingerprint density at radius 3 is 2.85 bits per heavy atom. The predicted octanol–water partition coefficient (Wildman–Crippen LogP) is 3.20. The second-order valence-corrected chi connectivity index (χ2v) is 6.85. The van der Waals surface area contributed by atoms with Crippen molar-refractivity contribution in [1.29, 1.82) is 0 Å². The molecule has 0 saturated heterocycles. The Labute approximate surface area is 121 Å². The van der Waals surface area contributed by atoms with Crippen LogP contribution in [0.1, 0.15) is 32.3 Å². The molecule has 0 bridgehead atoms. The van der Waals surface area contributed by atoms with Gasteiger partial charge in [-0.3, -0.25) is 0 Å². The standard InChI is InChI=1S/C17H25FN2/c1-11-7-12(2)15(16(19)8-11)10-20-6-5-13-3-4-14(18)9-17(13)20/h3-4,9,11-12,15-16H,5-8,10,19H2,1-2H3. The molecule has 0 spiro atoms. The number of hydrogen-bond acceptors (Lipinski definition) is 2. The molecule has 1 aromatic carbocycles. The van der Waals surface area contributed by atoms with Crippen LogP contribution in [0.5, 0.6) is 0 Å². The summed E-state index contributed by atoms with van der Waals surface area (Å²) < 4.78 is 13.5. The molecule has 4 atom stereocenters. The van der Waals surface area contributed by atoms with Crippen LogP contribution in [0.3, 0.4) is 0 Å². The Hall–Kier alpha value is -1.09. The maximum Gasteiger partial charge on any atom is 0.125 e. The summed E-state index contributed by atoms with van der Waals surface area (Å²) in [7, 11) is 0. The van der Waals surface area contributed by atoms with Gasteiger partial charge in [0, 0.05) is 24.8 Å². The maximum absolute atomic E-state index is 13.5. The minimum atomic E-state index is -0.134. The minimum absolute atomic E-state index is 0.134. The van der Waals surface area contributed by atoms with Gasteiger partial charge in [-0.05, 0) is 54.7 Å². The Morgan fingerprint density at radius 1 is 1.30 bits per heavy atom. The van der Waals surface area contributed by atoms with Crippen molar-refractivity contribution in [3.8, 4) is 0 Å².